The Morgan fingerprint density at radius 3 is 1.78 bits per heavy atom. The first-order valence-corrected chi connectivity index (χ1v) is 13.7. The molecule has 1 aromatic heterocycles. The maximum absolute atomic E-state index is 12.2. The minimum atomic E-state index is -0.225. The third kappa shape index (κ3) is 14.7. The lowest BCUT2D eigenvalue weighted by Gasteiger charge is -2.05. The molecule has 3 N–H and O–H groups in total. The summed E-state index contributed by atoms with van der Waals surface area (Å²) in [6.45, 7) is 5.10. The highest BCUT2D eigenvalue weighted by atomic mass is 16.3. The van der Waals surface area contributed by atoms with E-state index in [0.717, 1.165) is 25.7 Å². The molecule has 0 fully saturated rings. The van der Waals surface area contributed by atoms with E-state index in [1.165, 1.54) is 103 Å². The van der Waals surface area contributed by atoms with Gasteiger partial charge >= 0.3 is 0 Å². The minimum Gasteiger partial charge on any atom is -0.446 e. The van der Waals surface area contributed by atoms with Crippen molar-refractivity contribution in [1.29, 1.82) is 0 Å². The summed E-state index contributed by atoms with van der Waals surface area (Å²) in [7, 11) is 0. The van der Waals surface area contributed by atoms with E-state index >= 15 is 0 Å². The maximum atomic E-state index is 12.2. The molecule has 1 heterocycles. The molecule has 1 atom stereocenters. The molecule has 1 unspecified atom stereocenters. The Kier molecular flexibility index (Phi) is 18.2. The van der Waals surface area contributed by atoms with Gasteiger partial charge in [0, 0.05) is 6.54 Å². The van der Waals surface area contributed by atoms with Gasteiger partial charge in [0.05, 0.1) is 6.04 Å². The lowest BCUT2D eigenvalue weighted by Crippen LogP contribution is -2.25. The number of carbonyl (C=O) groups is 1. The quantitative estimate of drug-likeness (QED) is 0.177. The zero-order valence-corrected chi connectivity index (χ0v) is 21.1. The third-order valence-corrected chi connectivity index (χ3v) is 6.26. The topological polar surface area (TPSA) is 81.2 Å². The van der Waals surface area contributed by atoms with Crippen molar-refractivity contribution in [2.24, 2.45) is 5.73 Å². The van der Waals surface area contributed by atoms with Gasteiger partial charge in [-0.05, 0) is 12.8 Å². The fourth-order valence-corrected chi connectivity index (χ4v) is 4.08. The number of oxazole rings is 1. The number of nitrogens with zero attached hydrogens (tertiary/aromatic N) is 1. The second-order valence-corrected chi connectivity index (χ2v) is 9.38. The summed E-state index contributed by atoms with van der Waals surface area (Å²) in [4.78, 5) is 16.4. The van der Waals surface area contributed by atoms with Crippen LogP contribution in [0.25, 0.3) is 0 Å². The van der Waals surface area contributed by atoms with Crippen molar-refractivity contribution in [2.45, 2.75) is 142 Å². The summed E-state index contributed by atoms with van der Waals surface area (Å²) >= 11 is 0. The van der Waals surface area contributed by atoms with Gasteiger partial charge in [-0.1, -0.05) is 123 Å². The Bertz CT molecular complexity index is 559. The van der Waals surface area contributed by atoms with E-state index in [1.54, 1.807) is 0 Å². The molecule has 1 aromatic rings. The molecule has 5 nitrogen and oxygen atoms in total. The van der Waals surface area contributed by atoms with Gasteiger partial charge in [0.1, 0.15) is 6.26 Å². The van der Waals surface area contributed by atoms with Gasteiger partial charge < -0.3 is 15.5 Å². The zero-order chi connectivity index (χ0) is 23.3. The molecule has 0 aromatic carbocycles. The van der Waals surface area contributed by atoms with E-state index in [1.807, 2.05) is 0 Å². The molecule has 186 valence electrons. The number of nitrogens with one attached hydrogen (secondary N) is 1. The van der Waals surface area contributed by atoms with Crippen LogP contribution in [0.15, 0.2) is 10.7 Å². The smallest absolute Gasteiger partial charge is 0.273 e. The number of rotatable bonds is 22. The molecule has 0 spiro atoms. The van der Waals surface area contributed by atoms with Crippen molar-refractivity contribution in [3.05, 3.63) is 17.8 Å². The molecule has 0 saturated heterocycles. The molecule has 1 rings (SSSR count). The van der Waals surface area contributed by atoms with Gasteiger partial charge in [-0.25, -0.2) is 4.98 Å². The molecule has 0 aliphatic heterocycles. The standard InChI is InChI=1S/C27H51N3O2/c1-3-5-7-8-9-10-11-12-13-14-15-16-17-18-19-20-22-29-26(31)25-23-32-27(30-25)24(28)21-6-4-2/h23-24H,3-22,28H2,1-2H3,(H,29,31). The normalized spacial score (nSPS) is 12.2. The summed E-state index contributed by atoms with van der Waals surface area (Å²) in [5.74, 6) is 0.301. The molecule has 0 aliphatic rings. The Labute approximate surface area is 197 Å². The summed E-state index contributed by atoms with van der Waals surface area (Å²) < 4.78 is 5.38. The number of nitrogens with two attached hydrogens (primary N) is 1. The Balaban J connectivity index is 1.89. The fourth-order valence-electron chi connectivity index (χ4n) is 4.08. The second-order valence-electron chi connectivity index (χ2n) is 9.38. The second kappa shape index (κ2) is 20.3. The third-order valence-electron chi connectivity index (χ3n) is 6.26. The largest absolute Gasteiger partial charge is 0.446 e. The van der Waals surface area contributed by atoms with Gasteiger partial charge in [-0.15, -0.1) is 0 Å². The first-order valence-electron chi connectivity index (χ1n) is 13.7. The van der Waals surface area contributed by atoms with E-state index in [9.17, 15) is 4.79 Å². The van der Waals surface area contributed by atoms with Crippen molar-refractivity contribution in [1.82, 2.24) is 10.3 Å². The number of unbranched alkanes of at least 4 members (excludes halogenated alkanes) is 16. The van der Waals surface area contributed by atoms with Gasteiger partial charge in [0.2, 0.25) is 5.89 Å². The molecule has 0 aliphatic carbocycles. The molecule has 1 amide bonds. The zero-order valence-electron chi connectivity index (χ0n) is 21.1. The van der Waals surface area contributed by atoms with E-state index in [2.05, 4.69) is 24.1 Å². The first-order chi connectivity index (χ1) is 15.7. The maximum Gasteiger partial charge on any atom is 0.273 e. The highest BCUT2D eigenvalue weighted by molar-refractivity contribution is 5.91. The van der Waals surface area contributed by atoms with Crippen LogP contribution in [0.1, 0.15) is 158 Å². The fraction of sp³-hybridized carbons (Fsp3) is 0.852. The SMILES string of the molecule is CCCCCCCCCCCCCCCCCCNC(=O)c1coc(C(N)CCCC)n1. The van der Waals surface area contributed by atoms with Crippen LogP contribution in [-0.2, 0) is 0 Å². The molecule has 0 radical (unpaired) electrons. The Morgan fingerprint density at radius 2 is 1.28 bits per heavy atom. The molecule has 0 saturated carbocycles. The van der Waals surface area contributed by atoms with E-state index in [4.69, 9.17) is 10.2 Å². The highest BCUT2D eigenvalue weighted by Crippen LogP contribution is 2.16. The van der Waals surface area contributed by atoms with Crippen molar-refractivity contribution in [2.75, 3.05) is 6.54 Å². The predicted octanol–water partition coefficient (Wildman–Crippen LogP) is 7.86. The number of carbonyl (C=O) groups excluding carboxylic acids is 1. The molecule has 32 heavy (non-hydrogen) atoms. The predicted molar refractivity (Wildman–Crippen MR) is 135 cm³/mol. The van der Waals surface area contributed by atoms with Gasteiger partial charge in [-0.2, -0.15) is 0 Å². The average Bonchev–Trinajstić information content (AvgIpc) is 3.30. The lowest BCUT2D eigenvalue weighted by atomic mass is 10.0. The van der Waals surface area contributed by atoms with Crippen LogP contribution in [0, 0.1) is 0 Å². The van der Waals surface area contributed by atoms with Gasteiger partial charge in [0.25, 0.3) is 5.91 Å². The van der Waals surface area contributed by atoms with Crippen LogP contribution in [0.3, 0.4) is 0 Å². The van der Waals surface area contributed by atoms with Gasteiger partial charge in [-0.3, -0.25) is 4.79 Å². The number of hydrogen-bond donors (Lipinski definition) is 2. The Morgan fingerprint density at radius 1 is 0.812 bits per heavy atom. The Hall–Kier alpha value is -1.36. The van der Waals surface area contributed by atoms with Crippen molar-refractivity contribution >= 4 is 5.91 Å². The lowest BCUT2D eigenvalue weighted by molar-refractivity contribution is 0.0948. The monoisotopic (exact) mass is 449 g/mol. The first kappa shape index (κ1) is 28.7. The van der Waals surface area contributed by atoms with Crippen molar-refractivity contribution in [3.8, 4) is 0 Å². The average molecular weight is 450 g/mol. The van der Waals surface area contributed by atoms with Crippen molar-refractivity contribution < 1.29 is 9.21 Å². The number of hydrogen-bond acceptors (Lipinski definition) is 4. The molecule has 0 bridgehead atoms. The van der Waals surface area contributed by atoms with E-state index in [0.29, 0.717) is 18.1 Å². The molecular formula is C27H51N3O2. The van der Waals surface area contributed by atoms with Crippen LogP contribution in [0.4, 0.5) is 0 Å². The van der Waals surface area contributed by atoms with Crippen LogP contribution in [-0.4, -0.2) is 17.4 Å². The number of amides is 1. The van der Waals surface area contributed by atoms with E-state index in [-0.39, 0.29) is 11.9 Å². The van der Waals surface area contributed by atoms with Crippen LogP contribution < -0.4 is 11.1 Å². The van der Waals surface area contributed by atoms with E-state index < -0.39 is 0 Å². The summed E-state index contributed by atoms with van der Waals surface area (Å²) in [6, 6.07) is -0.225. The van der Waals surface area contributed by atoms with Crippen molar-refractivity contribution in [3.63, 3.8) is 0 Å². The molecule has 5 heteroatoms. The van der Waals surface area contributed by atoms with Crippen LogP contribution in [0.2, 0.25) is 0 Å². The number of aromatic nitrogens is 1. The summed E-state index contributed by atoms with van der Waals surface area (Å²) in [5, 5.41) is 2.94. The highest BCUT2D eigenvalue weighted by Gasteiger charge is 2.16. The van der Waals surface area contributed by atoms with Gasteiger partial charge in [0.15, 0.2) is 5.69 Å². The minimum absolute atomic E-state index is 0.163. The molecular weight excluding hydrogens is 398 g/mol. The summed E-state index contributed by atoms with van der Waals surface area (Å²) in [5.41, 5.74) is 6.39. The summed E-state index contributed by atoms with van der Waals surface area (Å²) in [6.07, 6.45) is 26.0. The van der Waals surface area contributed by atoms with Crippen LogP contribution in [0.5, 0.6) is 0 Å². The van der Waals surface area contributed by atoms with Crippen LogP contribution >= 0.6 is 0 Å².